The summed E-state index contributed by atoms with van der Waals surface area (Å²) in [5.41, 5.74) is 0. The highest BCUT2D eigenvalue weighted by molar-refractivity contribution is 7.87. The molecule has 0 aromatic rings. The molecule has 17 heavy (non-hydrogen) atoms. The lowest BCUT2D eigenvalue weighted by Gasteiger charge is -2.33. The summed E-state index contributed by atoms with van der Waals surface area (Å²) < 4.78 is 28.3. The molecule has 1 aliphatic heterocycles. The van der Waals surface area contributed by atoms with E-state index in [1.54, 1.807) is 0 Å². The van der Waals surface area contributed by atoms with Gasteiger partial charge in [-0.2, -0.15) is 12.7 Å². The van der Waals surface area contributed by atoms with Crippen LogP contribution in [0.4, 0.5) is 0 Å². The SMILES string of the molecule is CC1CC1CNS(=O)(=O)N1CCCCC1CO. The molecule has 2 rings (SSSR count). The lowest BCUT2D eigenvalue weighted by molar-refractivity contribution is 0.154. The van der Waals surface area contributed by atoms with Gasteiger partial charge < -0.3 is 5.11 Å². The van der Waals surface area contributed by atoms with E-state index in [1.807, 2.05) is 0 Å². The predicted octanol–water partition coefficient (Wildman–Crippen LogP) is 0.324. The first-order valence-corrected chi connectivity index (χ1v) is 7.86. The van der Waals surface area contributed by atoms with Crippen LogP contribution in [0.5, 0.6) is 0 Å². The lowest BCUT2D eigenvalue weighted by Crippen LogP contribution is -2.50. The van der Waals surface area contributed by atoms with Crippen molar-refractivity contribution < 1.29 is 13.5 Å². The Morgan fingerprint density at radius 1 is 1.41 bits per heavy atom. The molecule has 2 aliphatic rings. The molecule has 2 fully saturated rings. The molecule has 1 saturated heterocycles. The van der Waals surface area contributed by atoms with E-state index in [2.05, 4.69) is 11.6 Å². The fourth-order valence-corrected chi connectivity index (χ4v) is 3.98. The molecule has 100 valence electrons. The average molecular weight is 262 g/mol. The van der Waals surface area contributed by atoms with Gasteiger partial charge in [0.05, 0.1) is 6.61 Å². The van der Waals surface area contributed by atoms with Crippen LogP contribution >= 0.6 is 0 Å². The maximum atomic E-state index is 12.1. The van der Waals surface area contributed by atoms with Crippen LogP contribution in [0.3, 0.4) is 0 Å². The number of hydrogen-bond donors (Lipinski definition) is 2. The Morgan fingerprint density at radius 3 is 2.71 bits per heavy atom. The molecule has 1 saturated carbocycles. The van der Waals surface area contributed by atoms with Crippen molar-refractivity contribution in [1.82, 2.24) is 9.03 Å². The van der Waals surface area contributed by atoms with E-state index in [9.17, 15) is 13.5 Å². The quantitative estimate of drug-likeness (QED) is 0.750. The van der Waals surface area contributed by atoms with Crippen molar-refractivity contribution in [3.8, 4) is 0 Å². The first kappa shape index (κ1) is 13.3. The largest absolute Gasteiger partial charge is 0.395 e. The Kier molecular flexibility index (Phi) is 4.07. The standard InChI is InChI=1S/C11H22N2O3S/c1-9-6-10(9)7-12-17(15,16)13-5-3-2-4-11(13)8-14/h9-12,14H,2-8H2,1H3. The first-order valence-electron chi connectivity index (χ1n) is 6.42. The van der Waals surface area contributed by atoms with Gasteiger partial charge in [0.25, 0.3) is 10.2 Å². The van der Waals surface area contributed by atoms with E-state index in [1.165, 1.54) is 4.31 Å². The summed E-state index contributed by atoms with van der Waals surface area (Å²) in [5.74, 6) is 1.15. The van der Waals surface area contributed by atoms with E-state index >= 15 is 0 Å². The Labute approximate surface area is 103 Å². The summed E-state index contributed by atoms with van der Waals surface area (Å²) in [6.45, 7) is 3.12. The van der Waals surface area contributed by atoms with Crippen LogP contribution in [0.1, 0.15) is 32.6 Å². The van der Waals surface area contributed by atoms with Gasteiger partial charge in [0.1, 0.15) is 0 Å². The molecule has 0 amide bonds. The van der Waals surface area contributed by atoms with Gasteiger partial charge in [0, 0.05) is 19.1 Å². The summed E-state index contributed by atoms with van der Waals surface area (Å²) >= 11 is 0. The molecule has 5 nitrogen and oxygen atoms in total. The molecular formula is C11H22N2O3S. The summed E-state index contributed by atoms with van der Waals surface area (Å²) in [7, 11) is -3.40. The molecule has 0 bridgehead atoms. The zero-order chi connectivity index (χ0) is 12.5. The fraction of sp³-hybridized carbons (Fsp3) is 1.00. The molecule has 3 unspecified atom stereocenters. The van der Waals surface area contributed by atoms with Crippen molar-refractivity contribution in [3.05, 3.63) is 0 Å². The topological polar surface area (TPSA) is 69.6 Å². The van der Waals surface area contributed by atoms with Crippen LogP contribution in [0.2, 0.25) is 0 Å². The number of aliphatic hydroxyl groups is 1. The maximum Gasteiger partial charge on any atom is 0.279 e. The minimum absolute atomic E-state index is 0.0826. The van der Waals surface area contributed by atoms with Gasteiger partial charge in [-0.15, -0.1) is 0 Å². The Bertz CT molecular complexity index is 358. The van der Waals surface area contributed by atoms with Gasteiger partial charge in [0.15, 0.2) is 0 Å². The number of nitrogens with one attached hydrogen (secondary N) is 1. The zero-order valence-corrected chi connectivity index (χ0v) is 11.1. The van der Waals surface area contributed by atoms with Crippen molar-refractivity contribution in [3.63, 3.8) is 0 Å². The Morgan fingerprint density at radius 2 is 2.12 bits per heavy atom. The van der Waals surface area contributed by atoms with Crippen molar-refractivity contribution in [2.75, 3.05) is 19.7 Å². The van der Waals surface area contributed by atoms with Gasteiger partial charge in [-0.25, -0.2) is 4.72 Å². The van der Waals surface area contributed by atoms with Gasteiger partial charge in [-0.05, 0) is 31.1 Å². The number of aliphatic hydroxyl groups excluding tert-OH is 1. The van der Waals surface area contributed by atoms with E-state index in [0.29, 0.717) is 24.9 Å². The third-order valence-corrected chi connectivity index (χ3v) is 5.53. The number of nitrogens with zero attached hydrogens (tertiary/aromatic N) is 1. The molecule has 1 heterocycles. The highest BCUT2D eigenvalue weighted by atomic mass is 32.2. The second kappa shape index (κ2) is 5.22. The van der Waals surface area contributed by atoms with Crippen LogP contribution < -0.4 is 4.72 Å². The third-order valence-electron chi connectivity index (χ3n) is 3.90. The predicted molar refractivity (Wildman–Crippen MR) is 65.6 cm³/mol. The molecule has 1 aliphatic carbocycles. The second-order valence-corrected chi connectivity index (χ2v) is 6.98. The van der Waals surface area contributed by atoms with Crippen molar-refractivity contribution >= 4 is 10.2 Å². The monoisotopic (exact) mass is 262 g/mol. The molecule has 2 N–H and O–H groups in total. The summed E-state index contributed by atoms with van der Waals surface area (Å²) in [6, 6.07) is -0.238. The first-order chi connectivity index (χ1) is 8.04. The molecule has 0 aromatic carbocycles. The van der Waals surface area contributed by atoms with Crippen molar-refractivity contribution in [1.29, 1.82) is 0 Å². The zero-order valence-electron chi connectivity index (χ0n) is 10.3. The molecule has 0 spiro atoms. The van der Waals surface area contributed by atoms with E-state index < -0.39 is 10.2 Å². The summed E-state index contributed by atoms with van der Waals surface area (Å²) in [6.07, 6.45) is 3.76. The van der Waals surface area contributed by atoms with Crippen LogP contribution in [0.25, 0.3) is 0 Å². The third kappa shape index (κ3) is 3.19. The Hall–Kier alpha value is -0.170. The van der Waals surface area contributed by atoms with Crippen LogP contribution in [-0.4, -0.2) is 43.6 Å². The van der Waals surface area contributed by atoms with Crippen molar-refractivity contribution in [2.45, 2.75) is 38.6 Å². The Balaban J connectivity index is 1.92. The minimum atomic E-state index is -3.40. The van der Waals surface area contributed by atoms with Crippen LogP contribution in [-0.2, 0) is 10.2 Å². The molecule has 0 aromatic heterocycles. The maximum absolute atomic E-state index is 12.1. The smallest absolute Gasteiger partial charge is 0.279 e. The average Bonchev–Trinajstić information content (AvgIpc) is 3.03. The molecular weight excluding hydrogens is 240 g/mol. The van der Waals surface area contributed by atoms with E-state index in [-0.39, 0.29) is 12.6 Å². The number of rotatable bonds is 5. The van der Waals surface area contributed by atoms with Gasteiger partial charge >= 0.3 is 0 Å². The van der Waals surface area contributed by atoms with E-state index in [4.69, 9.17) is 0 Å². The van der Waals surface area contributed by atoms with Gasteiger partial charge in [0.2, 0.25) is 0 Å². The van der Waals surface area contributed by atoms with Crippen LogP contribution in [0, 0.1) is 11.8 Å². The van der Waals surface area contributed by atoms with Crippen LogP contribution in [0.15, 0.2) is 0 Å². The number of hydrogen-bond acceptors (Lipinski definition) is 3. The summed E-state index contributed by atoms with van der Waals surface area (Å²) in [5, 5.41) is 9.22. The lowest BCUT2D eigenvalue weighted by atomic mass is 10.1. The highest BCUT2D eigenvalue weighted by Crippen LogP contribution is 2.37. The van der Waals surface area contributed by atoms with E-state index in [0.717, 1.165) is 25.7 Å². The molecule has 6 heteroatoms. The van der Waals surface area contributed by atoms with Gasteiger partial charge in [-0.1, -0.05) is 13.3 Å². The van der Waals surface area contributed by atoms with Gasteiger partial charge in [-0.3, -0.25) is 0 Å². The highest BCUT2D eigenvalue weighted by Gasteiger charge is 2.36. The molecule has 0 radical (unpaired) electrons. The molecule has 3 atom stereocenters. The number of piperidine rings is 1. The second-order valence-electron chi connectivity index (χ2n) is 5.27. The normalized spacial score (nSPS) is 34.8. The minimum Gasteiger partial charge on any atom is -0.395 e. The van der Waals surface area contributed by atoms with Crippen molar-refractivity contribution in [2.24, 2.45) is 11.8 Å². The summed E-state index contributed by atoms with van der Waals surface area (Å²) in [4.78, 5) is 0. The fourth-order valence-electron chi connectivity index (χ4n) is 2.45.